The number of nitrogens with two attached hydrogens (primary N) is 1. The number of carbonyl (C=O) groups is 1. The zero-order valence-electron chi connectivity index (χ0n) is 11.8. The minimum absolute atomic E-state index is 0.120. The van der Waals surface area contributed by atoms with Crippen LogP contribution in [-0.4, -0.2) is 23.2 Å². The van der Waals surface area contributed by atoms with Crippen LogP contribution in [0.3, 0.4) is 0 Å². The van der Waals surface area contributed by atoms with Crippen molar-refractivity contribution >= 4 is 34.3 Å². The van der Waals surface area contributed by atoms with Gasteiger partial charge in [-0.25, -0.2) is 0 Å². The largest absolute Gasteiger partial charge is 0.459 e. The summed E-state index contributed by atoms with van der Waals surface area (Å²) in [5.41, 5.74) is 6.39. The van der Waals surface area contributed by atoms with Gasteiger partial charge in [0.05, 0.1) is 12.1 Å². The molecule has 112 valence electrons. The molecule has 0 aliphatic rings. The number of nitrogens with zero attached hydrogens (tertiary/aromatic N) is 3. The molecule has 0 atom stereocenters. The molecular weight excluding hydrogens is 304 g/mol. The highest BCUT2D eigenvalue weighted by Crippen LogP contribution is 2.23. The summed E-state index contributed by atoms with van der Waals surface area (Å²) >= 11 is 5.76. The van der Waals surface area contributed by atoms with E-state index in [-0.39, 0.29) is 10.7 Å². The summed E-state index contributed by atoms with van der Waals surface area (Å²) in [6.45, 7) is 0.422. The number of carbonyl (C=O) groups excluding carboxylic acids is 1. The molecule has 7 heteroatoms. The molecule has 1 aromatic carbocycles. The van der Waals surface area contributed by atoms with Crippen LogP contribution in [0.15, 0.2) is 40.8 Å². The molecule has 0 saturated heterocycles. The van der Waals surface area contributed by atoms with Gasteiger partial charge >= 0.3 is 0 Å². The number of para-hydroxylation sites is 1. The average molecular weight is 317 g/mol. The molecule has 0 aliphatic carbocycles. The first-order chi connectivity index (χ1) is 10.5. The Labute approximate surface area is 131 Å². The SMILES string of the molecule is CN(Cc1cc2ccccc2o1)c1nnc(Cl)cc1C(N)=O. The smallest absolute Gasteiger partial charge is 0.252 e. The number of rotatable bonds is 4. The summed E-state index contributed by atoms with van der Waals surface area (Å²) < 4.78 is 5.75. The molecule has 0 bridgehead atoms. The van der Waals surface area contributed by atoms with Crippen LogP contribution in [0.4, 0.5) is 5.82 Å². The highest BCUT2D eigenvalue weighted by molar-refractivity contribution is 6.29. The normalized spacial score (nSPS) is 10.8. The van der Waals surface area contributed by atoms with Crippen molar-refractivity contribution in [1.29, 1.82) is 0 Å². The Kier molecular flexibility index (Phi) is 3.68. The van der Waals surface area contributed by atoms with Crippen LogP contribution in [0.25, 0.3) is 11.0 Å². The van der Waals surface area contributed by atoms with Crippen LogP contribution in [0.5, 0.6) is 0 Å². The average Bonchev–Trinajstić information content (AvgIpc) is 2.89. The second-order valence-electron chi connectivity index (χ2n) is 4.88. The van der Waals surface area contributed by atoms with Crippen LogP contribution in [0.2, 0.25) is 5.15 Å². The predicted molar refractivity (Wildman–Crippen MR) is 83.9 cm³/mol. The van der Waals surface area contributed by atoms with Crippen LogP contribution in [0.1, 0.15) is 16.1 Å². The molecule has 0 radical (unpaired) electrons. The summed E-state index contributed by atoms with van der Waals surface area (Å²) in [4.78, 5) is 13.3. The topological polar surface area (TPSA) is 85.2 Å². The Morgan fingerprint density at radius 3 is 2.82 bits per heavy atom. The van der Waals surface area contributed by atoms with E-state index >= 15 is 0 Å². The van der Waals surface area contributed by atoms with Crippen LogP contribution in [-0.2, 0) is 6.54 Å². The molecule has 0 spiro atoms. The first-order valence-corrected chi connectivity index (χ1v) is 6.94. The molecule has 22 heavy (non-hydrogen) atoms. The Bertz CT molecular complexity index is 813. The summed E-state index contributed by atoms with van der Waals surface area (Å²) in [5, 5.41) is 8.85. The van der Waals surface area contributed by atoms with E-state index in [2.05, 4.69) is 10.2 Å². The van der Waals surface area contributed by atoms with Crippen molar-refractivity contribution in [1.82, 2.24) is 10.2 Å². The Hall–Kier alpha value is -2.60. The van der Waals surface area contributed by atoms with Crippen molar-refractivity contribution in [2.24, 2.45) is 5.73 Å². The lowest BCUT2D eigenvalue weighted by molar-refractivity contribution is 0.1000. The van der Waals surface area contributed by atoms with Gasteiger partial charge in [-0.1, -0.05) is 29.8 Å². The van der Waals surface area contributed by atoms with Crippen LogP contribution < -0.4 is 10.6 Å². The fraction of sp³-hybridized carbons (Fsp3) is 0.133. The van der Waals surface area contributed by atoms with E-state index in [1.54, 1.807) is 11.9 Å². The third-order valence-corrected chi connectivity index (χ3v) is 3.43. The number of hydrogen-bond donors (Lipinski definition) is 1. The quantitative estimate of drug-likeness (QED) is 0.799. The number of furan rings is 1. The number of fused-ring (bicyclic) bond motifs is 1. The fourth-order valence-corrected chi connectivity index (χ4v) is 2.40. The maximum absolute atomic E-state index is 11.5. The third kappa shape index (κ3) is 2.73. The monoisotopic (exact) mass is 316 g/mol. The summed E-state index contributed by atoms with van der Waals surface area (Å²) in [5.74, 6) is 0.497. The fourth-order valence-electron chi connectivity index (χ4n) is 2.25. The molecule has 0 fully saturated rings. The molecule has 1 amide bonds. The molecule has 6 nitrogen and oxygen atoms in total. The van der Waals surface area contributed by atoms with E-state index in [0.29, 0.717) is 12.4 Å². The van der Waals surface area contributed by atoms with E-state index in [1.165, 1.54) is 6.07 Å². The highest BCUT2D eigenvalue weighted by Gasteiger charge is 2.17. The lowest BCUT2D eigenvalue weighted by atomic mass is 10.2. The van der Waals surface area contributed by atoms with E-state index in [1.807, 2.05) is 30.3 Å². The summed E-state index contributed by atoms with van der Waals surface area (Å²) in [6.07, 6.45) is 0. The lowest BCUT2D eigenvalue weighted by Gasteiger charge is -2.18. The second kappa shape index (κ2) is 5.65. The van der Waals surface area contributed by atoms with Crippen molar-refractivity contribution in [3.8, 4) is 0 Å². The van der Waals surface area contributed by atoms with E-state index in [9.17, 15) is 4.79 Å². The molecule has 2 N–H and O–H groups in total. The van der Waals surface area contributed by atoms with Gasteiger partial charge in [0.25, 0.3) is 5.91 Å². The van der Waals surface area contributed by atoms with E-state index < -0.39 is 5.91 Å². The standard InChI is InChI=1S/C15H13ClN4O2/c1-20(15-11(14(17)21)7-13(16)18-19-15)8-10-6-9-4-2-3-5-12(9)22-10/h2-7H,8H2,1H3,(H2,17,21). The van der Waals surface area contributed by atoms with Gasteiger partial charge < -0.3 is 15.1 Å². The summed E-state index contributed by atoms with van der Waals surface area (Å²) in [6, 6.07) is 11.1. The van der Waals surface area contributed by atoms with Crippen molar-refractivity contribution in [3.63, 3.8) is 0 Å². The van der Waals surface area contributed by atoms with Crippen LogP contribution >= 0.6 is 11.6 Å². The number of hydrogen-bond acceptors (Lipinski definition) is 5. The van der Waals surface area contributed by atoms with Gasteiger partial charge in [-0.05, 0) is 18.2 Å². The number of aromatic nitrogens is 2. The molecule has 0 unspecified atom stereocenters. The maximum atomic E-state index is 11.5. The maximum Gasteiger partial charge on any atom is 0.252 e. The van der Waals surface area contributed by atoms with Crippen molar-refractivity contribution in [3.05, 3.63) is 52.9 Å². The van der Waals surface area contributed by atoms with Crippen molar-refractivity contribution in [2.45, 2.75) is 6.54 Å². The number of halogens is 1. The molecule has 3 aromatic rings. The van der Waals surface area contributed by atoms with Crippen molar-refractivity contribution < 1.29 is 9.21 Å². The third-order valence-electron chi connectivity index (χ3n) is 3.24. The van der Waals surface area contributed by atoms with Gasteiger partial charge in [0.15, 0.2) is 11.0 Å². The number of primary amides is 1. The van der Waals surface area contributed by atoms with Gasteiger partial charge in [0, 0.05) is 12.4 Å². The Morgan fingerprint density at radius 1 is 1.32 bits per heavy atom. The van der Waals surface area contributed by atoms with Crippen LogP contribution in [0, 0.1) is 0 Å². The number of amides is 1. The highest BCUT2D eigenvalue weighted by atomic mass is 35.5. The molecule has 3 rings (SSSR count). The zero-order chi connectivity index (χ0) is 15.7. The van der Waals surface area contributed by atoms with Gasteiger partial charge in [-0.3, -0.25) is 4.79 Å². The van der Waals surface area contributed by atoms with Gasteiger partial charge in [0.1, 0.15) is 11.3 Å². The second-order valence-corrected chi connectivity index (χ2v) is 5.26. The Balaban J connectivity index is 1.91. The van der Waals surface area contributed by atoms with Gasteiger partial charge in [-0.15, -0.1) is 10.2 Å². The zero-order valence-corrected chi connectivity index (χ0v) is 12.5. The Morgan fingerprint density at radius 2 is 2.09 bits per heavy atom. The first-order valence-electron chi connectivity index (χ1n) is 6.56. The van der Waals surface area contributed by atoms with Gasteiger partial charge in [-0.2, -0.15) is 0 Å². The van der Waals surface area contributed by atoms with E-state index in [0.717, 1.165) is 16.7 Å². The molecule has 2 heterocycles. The molecule has 0 saturated carbocycles. The predicted octanol–water partition coefficient (Wildman–Crippen LogP) is 2.61. The van der Waals surface area contributed by atoms with E-state index in [4.69, 9.17) is 21.8 Å². The number of anilines is 1. The minimum atomic E-state index is -0.608. The first kappa shape index (κ1) is 14.3. The minimum Gasteiger partial charge on any atom is -0.459 e. The lowest BCUT2D eigenvalue weighted by Crippen LogP contribution is -2.23. The molecular formula is C15H13ClN4O2. The summed E-state index contributed by atoms with van der Waals surface area (Å²) in [7, 11) is 1.78. The molecule has 0 aliphatic heterocycles. The van der Waals surface area contributed by atoms with Gasteiger partial charge in [0.2, 0.25) is 0 Å². The number of benzene rings is 1. The van der Waals surface area contributed by atoms with Crippen molar-refractivity contribution in [2.75, 3.05) is 11.9 Å². The molecule has 2 aromatic heterocycles.